The van der Waals surface area contributed by atoms with Crippen LogP contribution < -0.4 is 42.4 Å². The first-order valence-electron chi connectivity index (χ1n) is 6.95. The van der Waals surface area contributed by atoms with Crippen molar-refractivity contribution >= 4 is 14.7 Å². The Hall–Kier alpha value is 0.501. The van der Waals surface area contributed by atoms with Crippen molar-refractivity contribution in [1.29, 1.82) is 0 Å². The van der Waals surface area contributed by atoms with E-state index in [1.807, 2.05) is 0 Å². The molecule has 21 heavy (non-hydrogen) atoms. The van der Waals surface area contributed by atoms with Crippen LogP contribution in [0.1, 0.15) is 39.5 Å². The van der Waals surface area contributed by atoms with Gasteiger partial charge in [0.1, 0.15) is 0 Å². The molecule has 0 unspecified atom stereocenters. The van der Waals surface area contributed by atoms with Gasteiger partial charge < -0.3 is 37.2 Å². The molecule has 0 aromatic heterocycles. The Labute approximate surface area is 161 Å². The van der Waals surface area contributed by atoms with Crippen molar-refractivity contribution in [2.75, 3.05) is 0 Å². The summed E-state index contributed by atoms with van der Waals surface area (Å²) in [5.41, 5.74) is 3.40. The van der Waals surface area contributed by atoms with Crippen molar-refractivity contribution in [3.05, 3.63) is 50.6 Å². The van der Waals surface area contributed by atoms with Gasteiger partial charge in [-0.25, -0.2) is 0 Å². The minimum Gasteiger partial charge on any atom is -1.00 e. The van der Waals surface area contributed by atoms with E-state index in [0.717, 1.165) is 0 Å². The fourth-order valence-electron chi connectivity index (χ4n) is 2.80. The van der Waals surface area contributed by atoms with Crippen molar-refractivity contribution in [3.8, 4) is 0 Å². The molecule has 0 nitrogen and oxygen atoms in total. The van der Waals surface area contributed by atoms with Crippen LogP contribution in [0, 0.1) is 0 Å². The van der Waals surface area contributed by atoms with Crippen molar-refractivity contribution in [1.82, 2.24) is 0 Å². The smallest absolute Gasteiger partial charge is 1.00 e. The van der Waals surface area contributed by atoms with E-state index >= 15 is 0 Å². The Morgan fingerprint density at radius 1 is 1.05 bits per heavy atom. The van der Waals surface area contributed by atoms with Gasteiger partial charge in [-0.3, -0.25) is 0 Å². The quantitative estimate of drug-likeness (QED) is 0.436. The van der Waals surface area contributed by atoms with E-state index in [-0.39, 0.29) is 46.7 Å². The maximum atomic E-state index is 2.34. The molecule has 0 bridgehead atoms. The van der Waals surface area contributed by atoms with E-state index in [2.05, 4.69) is 64.6 Å². The first kappa shape index (κ1) is 23.8. The van der Waals surface area contributed by atoms with Gasteiger partial charge in [0.25, 0.3) is 0 Å². The van der Waals surface area contributed by atoms with E-state index < -0.39 is 0 Å². The number of halogens is 3. The zero-order valence-corrected chi connectivity index (χ0v) is 17.8. The second-order valence-electron chi connectivity index (χ2n) is 5.00. The van der Waals surface area contributed by atoms with Crippen LogP contribution in [0.5, 0.6) is 0 Å². The zero-order valence-electron chi connectivity index (χ0n) is 12.6. The molecule has 0 spiro atoms. The molecule has 0 amide bonds. The van der Waals surface area contributed by atoms with Gasteiger partial charge in [-0.2, -0.15) is 0 Å². The van der Waals surface area contributed by atoms with Gasteiger partial charge in [-0.05, 0) is 0 Å². The molecular formula is C16H21Cl3SiTi. The van der Waals surface area contributed by atoms with E-state index in [4.69, 9.17) is 0 Å². The molecule has 0 N–H and O–H groups in total. The average molecular weight is 396 g/mol. The summed E-state index contributed by atoms with van der Waals surface area (Å²) in [5, 5.41) is 3.38. The third-order valence-electron chi connectivity index (χ3n) is 3.67. The van der Waals surface area contributed by atoms with Crippen LogP contribution in [0.2, 0.25) is 0 Å². The minimum atomic E-state index is -0.236. The van der Waals surface area contributed by atoms with Gasteiger partial charge in [0.05, 0.1) is 0 Å². The summed E-state index contributed by atoms with van der Waals surface area (Å²) >= 11 is 2.34. The predicted octanol–water partition coefficient (Wildman–Crippen LogP) is -5.84. The first-order chi connectivity index (χ1) is 8.76. The number of hydrogen-bond acceptors (Lipinski definition) is 0. The van der Waals surface area contributed by atoms with Gasteiger partial charge in [0, 0.05) is 0 Å². The number of benzene rings is 1. The standard InChI is InChI=1S/C16H21Si.3ClH.Ti/c1-3-8-13-11-14(4-2)16(12-13)17-15-9-6-5-7-10-15;;;;/h5-7,9-10H,3-4,8,12,17H2,1-2H3;3*1H;/q;;;;+3/p-3. The number of hydrogen-bond donors (Lipinski definition) is 0. The molecule has 5 heteroatoms. The van der Waals surface area contributed by atoms with Crippen LogP contribution in [-0.4, -0.2) is 9.52 Å². The van der Waals surface area contributed by atoms with Crippen LogP contribution in [0.4, 0.5) is 0 Å². The van der Waals surface area contributed by atoms with Crippen LogP contribution in [-0.2, 0) is 20.4 Å². The molecule has 114 valence electrons. The van der Waals surface area contributed by atoms with E-state index in [0.29, 0.717) is 0 Å². The van der Waals surface area contributed by atoms with E-state index in [1.165, 1.54) is 25.7 Å². The SMILES string of the molecule is CCCC1=[C]([Ti+3])C(CC)=C([SiH2]c2ccccc2)C1.[Cl-].[Cl-].[Cl-]. The Kier molecular flexibility index (Phi) is 13.6. The Morgan fingerprint density at radius 3 is 2.19 bits per heavy atom. The van der Waals surface area contributed by atoms with Gasteiger partial charge in [-0.15, -0.1) is 0 Å². The van der Waals surface area contributed by atoms with Gasteiger partial charge in [-0.1, -0.05) is 0 Å². The third-order valence-corrected chi connectivity index (χ3v) is 6.68. The van der Waals surface area contributed by atoms with Gasteiger partial charge in [0.2, 0.25) is 0 Å². The molecule has 1 aliphatic carbocycles. The summed E-state index contributed by atoms with van der Waals surface area (Å²) in [6.45, 7) is 4.60. The number of rotatable bonds is 5. The summed E-state index contributed by atoms with van der Waals surface area (Å²) in [5.74, 6) is 0. The Morgan fingerprint density at radius 2 is 1.67 bits per heavy atom. The average Bonchev–Trinajstić information content (AvgIpc) is 2.67. The first-order valence-corrected chi connectivity index (χ1v) is 9.14. The topological polar surface area (TPSA) is 0 Å². The molecule has 0 heterocycles. The molecule has 0 atom stereocenters. The second-order valence-corrected chi connectivity index (χ2v) is 7.81. The monoisotopic (exact) mass is 394 g/mol. The molecule has 0 aliphatic heterocycles. The predicted molar refractivity (Wildman–Crippen MR) is 78.5 cm³/mol. The largest absolute Gasteiger partial charge is 1.00 e. The zero-order chi connectivity index (χ0) is 13.0. The molecular weight excluding hydrogens is 374 g/mol. The molecule has 0 saturated carbocycles. The number of allylic oxidation sites excluding steroid dienone is 4. The van der Waals surface area contributed by atoms with Gasteiger partial charge in [0.15, 0.2) is 0 Å². The summed E-state index contributed by atoms with van der Waals surface area (Å²) in [7, 11) is -0.236. The molecule has 0 fully saturated rings. The van der Waals surface area contributed by atoms with E-state index in [9.17, 15) is 0 Å². The minimum absolute atomic E-state index is 0. The van der Waals surface area contributed by atoms with Crippen LogP contribution >= 0.6 is 0 Å². The molecule has 0 radical (unpaired) electrons. The Bertz CT molecular complexity index is 484. The van der Waals surface area contributed by atoms with E-state index in [1.54, 1.807) is 25.4 Å². The summed E-state index contributed by atoms with van der Waals surface area (Å²) in [4.78, 5) is 0. The summed E-state index contributed by atoms with van der Waals surface area (Å²) in [6, 6.07) is 11.1. The van der Waals surface area contributed by atoms with Gasteiger partial charge >= 0.3 is 125 Å². The molecule has 2 rings (SSSR count). The van der Waals surface area contributed by atoms with Crippen molar-refractivity contribution in [2.45, 2.75) is 39.5 Å². The Balaban J connectivity index is 0. The fraction of sp³-hybridized carbons (Fsp3) is 0.375. The summed E-state index contributed by atoms with van der Waals surface area (Å²) < 4.78 is 1.62. The molecule has 1 aromatic rings. The van der Waals surface area contributed by atoms with Crippen LogP contribution in [0.15, 0.2) is 50.6 Å². The maximum absolute atomic E-state index is 2.34. The van der Waals surface area contributed by atoms with Crippen LogP contribution in [0.25, 0.3) is 0 Å². The maximum Gasteiger partial charge on any atom is -1.00 e. The van der Waals surface area contributed by atoms with Crippen molar-refractivity contribution < 1.29 is 57.7 Å². The summed E-state index contributed by atoms with van der Waals surface area (Å²) in [6.07, 6.45) is 5.07. The molecule has 1 aliphatic rings. The normalized spacial score (nSPS) is 14.1. The second kappa shape index (κ2) is 12.0. The van der Waals surface area contributed by atoms with Crippen LogP contribution in [0.3, 0.4) is 0 Å². The molecule has 1 aromatic carbocycles. The van der Waals surface area contributed by atoms with Crippen molar-refractivity contribution in [2.24, 2.45) is 0 Å². The fourth-order valence-corrected chi connectivity index (χ4v) is 6.03. The third kappa shape index (κ3) is 6.25. The molecule has 0 saturated heterocycles. The van der Waals surface area contributed by atoms with Crippen molar-refractivity contribution in [3.63, 3.8) is 0 Å².